The molecule has 0 fully saturated rings. The van der Waals surface area contributed by atoms with Gasteiger partial charge in [-0.05, 0) is 18.2 Å². The molecule has 0 atom stereocenters. The van der Waals surface area contributed by atoms with Crippen LogP contribution in [0.3, 0.4) is 0 Å². The second-order valence-electron chi connectivity index (χ2n) is 6.83. The van der Waals surface area contributed by atoms with Gasteiger partial charge in [0.1, 0.15) is 12.3 Å². The molecule has 2 aromatic carbocycles. The molecule has 154 valence electrons. The molecule has 5 aromatic rings. The fourth-order valence-electron chi connectivity index (χ4n) is 3.24. The van der Waals surface area contributed by atoms with E-state index >= 15 is 0 Å². The van der Waals surface area contributed by atoms with Gasteiger partial charge in [0.25, 0.3) is 0 Å². The molecule has 3 heterocycles. The van der Waals surface area contributed by atoms with E-state index in [1.165, 1.54) is 0 Å². The van der Waals surface area contributed by atoms with Gasteiger partial charge in [-0.15, -0.1) is 15.3 Å². The third-order valence-corrected chi connectivity index (χ3v) is 4.72. The van der Waals surface area contributed by atoms with E-state index in [1.807, 2.05) is 54.6 Å². The molecule has 0 aliphatic heterocycles. The molecule has 0 radical (unpaired) electrons. The molecular weight excluding hydrogens is 396 g/mol. The number of nitrogens with zero attached hydrogens (tertiary/aromatic N) is 5. The third kappa shape index (κ3) is 3.93. The zero-order valence-corrected chi connectivity index (χ0v) is 16.4. The Hall–Kier alpha value is -4.27. The molecule has 5 rings (SSSR count). The minimum Gasteiger partial charge on any atom is -0.475 e. The number of rotatable bonds is 7. The molecule has 1 amide bonds. The van der Waals surface area contributed by atoms with Crippen molar-refractivity contribution in [3.05, 3.63) is 72.4 Å². The van der Waals surface area contributed by atoms with Crippen molar-refractivity contribution in [2.75, 3.05) is 13.2 Å². The maximum atomic E-state index is 12.2. The highest BCUT2D eigenvalue weighted by molar-refractivity contribution is 5.86. The van der Waals surface area contributed by atoms with E-state index in [9.17, 15) is 4.79 Å². The van der Waals surface area contributed by atoms with Crippen LogP contribution in [0.5, 0.6) is 5.88 Å². The molecule has 0 saturated carbocycles. The smallest absolute Gasteiger partial charge is 0.231 e. The maximum Gasteiger partial charge on any atom is 0.231 e. The van der Waals surface area contributed by atoms with E-state index < -0.39 is 0 Å². The van der Waals surface area contributed by atoms with Gasteiger partial charge in [0.05, 0.1) is 13.0 Å². The lowest BCUT2D eigenvalue weighted by Crippen LogP contribution is -2.29. The van der Waals surface area contributed by atoms with Crippen molar-refractivity contribution < 1.29 is 14.1 Å². The first-order chi connectivity index (χ1) is 15.3. The van der Waals surface area contributed by atoms with Crippen LogP contribution in [-0.4, -0.2) is 44.0 Å². The highest BCUT2D eigenvalue weighted by Crippen LogP contribution is 2.19. The molecule has 0 aliphatic rings. The van der Waals surface area contributed by atoms with E-state index in [4.69, 9.17) is 9.26 Å². The van der Waals surface area contributed by atoms with Crippen LogP contribution in [0, 0.1) is 0 Å². The summed E-state index contributed by atoms with van der Waals surface area (Å²) in [5, 5.41) is 20.4. The van der Waals surface area contributed by atoms with Gasteiger partial charge in [0.15, 0.2) is 17.1 Å². The zero-order chi connectivity index (χ0) is 21.0. The van der Waals surface area contributed by atoms with Crippen LogP contribution >= 0.6 is 0 Å². The SMILES string of the molecule is O=C(Cc1noc2ccccc12)NCCOc1ccc2nnc(-c3ccccc3)n2n1. The maximum absolute atomic E-state index is 12.2. The van der Waals surface area contributed by atoms with Crippen molar-refractivity contribution in [2.45, 2.75) is 6.42 Å². The van der Waals surface area contributed by atoms with Crippen molar-refractivity contribution in [1.29, 1.82) is 0 Å². The first-order valence-corrected chi connectivity index (χ1v) is 9.78. The van der Waals surface area contributed by atoms with Crippen molar-refractivity contribution in [3.63, 3.8) is 0 Å². The molecule has 0 unspecified atom stereocenters. The fraction of sp³-hybridized carbons (Fsp3) is 0.136. The Labute approximate surface area is 176 Å². The van der Waals surface area contributed by atoms with Gasteiger partial charge in [0, 0.05) is 17.0 Å². The number of carbonyl (C=O) groups excluding carboxylic acids is 1. The normalized spacial score (nSPS) is 11.1. The molecule has 0 saturated heterocycles. The number of aromatic nitrogens is 5. The van der Waals surface area contributed by atoms with Crippen molar-refractivity contribution >= 4 is 22.5 Å². The number of nitrogens with one attached hydrogen (secondary N) is 1. The van der Waals surface area contributed by atoms with Crippen LogP contribution in [0.4, 0.5) is 0 Å². The van der Waals surface area contributed by atoms with Gasteiger partial charge >= 0.3 is 0 Å². The number of hydrogen-bond donors (Lipinski definition) is 1. The second kappa shape index (κ2) is 8.23. The number of carbonyl (C=O) groups is 1. The highest BCUT2D eigenvalue weighted by atomic mass is 16.5. The van der Waals surface area contributed by atoms with Crippen molar-refractivity contribution in [3.8, 4) is 17.3 Å². The molecular formula is C22H18N6O3. The number of fused-ring (bicyclic) bond motifs is 2. The molecule has 0 spiro atoms. The van der Waals surface area contributed by atoms with E-state index in [0.717, 1.165) is 10.9 Å². The van der Waals surface area contributed by atoms with Crippen LogP contribution < -0.4 is 10.1 Å². The summed E-state index contributed by atoms with van der Waals surface area (Å²) in [7, 11) is 0. The van der Waals surface area contributed by atoms with Gasteiger partial charge in [-0.25, -0.2) is 0 Å². The van der Waals surface area contributed by atoms with E-state index in [1.54, 1.807) is 16.6 Å². The monoisotopic (exact) mass is 414 g/mol. The number of hydrogen-bond acceptors (Lipinski definition) is 7. The van der Waals surface area contributed by atoms with E-state index in [-0.39, 0.29) is 18.9 Å². The number of para-hydroxylation sites is 1. The number of amides is 1. The summed E-state index contributed by atoms with van der Waals surface area (Å²) in [6, 6.07) is 20.7. The Morgan fingerprint density at radius 2 is 1.84 bits per heavy atom. The molecule has 31 heavy (non-hydrogen) atoms. The summed E-state index contributed by atoms with van der Waals surface area (Å²) in [6.45, 7) is 0.606. The summed E-state index contributed by atoms with van der Waals surface area (Å²) in [5.41, 5.74) is 2.81. The lowest BCUT2D eigenvalue weighted by atomic mass is 10.2. The Morgan fingerprint density at radius 1 is 1.00 bits per heavy atom. The Kier molecular flexibility index (Phi) is 4.97. The minimum absolute atomic E-state index is 0.141. The summed E-state index contributed by atoms with van der Waals surface area (Å²) in [4.78, 5) is 12.2. The van der Waals surface area contributed by atoms with Gasteiger partial charge in [-0.1, -0.05) is 47.6 Å². The largest absolute Gasteiger partial charge is 0.475 e. The lowest BCUT2D eigenvalue weighted by molar-refractivity contribution is -0.120. The Balaban J connectivity index is 1.18. The average molecular weight is 414 g/mol. The first kappa shape index (κ1) is 18.7. The number of benzene rings is 2. The zero-order valence-electron chi connectivity index (χ0n) is 16.4. The van der Waals surface area contributed by atoms with Gasteiger partial charge in [-0.3, -0.25) is 4.79 Å². The van der Waals surface area contributed by atoms with Crippen LogP contribution in [0.2, 0.25) is 0 Å². The molecule has 9 nitrogen and oxygen atoms in total. The number of ether oxygens (including phenoxy) is 1. The van der Waals surface area contributed by atoms with E-state index in [0.29, 0.717) is 35.2 Å². The van der Waals surface area contributed by atoms with Crippen LogP contribution in [-0.2, 0) is 11.2 Å². The fourth-order valence-corrected chi connectivity index (χ4v) is 3.24. The lowest BCUT2D eigenvalue weighted by Gasteiger charge is -2.07. The topological polar surface area (TPSA) is 107 Å². The van der Waals surface area contributed by atoms with Crippen LogP contribution in [0.15, 0.2) is 71.3 Å². The molecule has 0 bridgehead atoms. The van der Waals surface area contributed by atoms with Gasteiger partial charge in [0.2, 0.25) is 11.8 Å². The predicted molar refractivity (Wildman–Crippen MR) is 112 cm³/mol. The summed E-state index contributed by atoms with van der Waals surface area (Å²) in [5.74, 6) is 0.895. The van der Waals surface area contributed by atoms with Gasteiger partial charge in [-0.2, -0.15) is 4.52 Å². The quantitative estimate of drug-likeness (QED) is 0.408. The second-order valence-corrected chi connectivity index (χ2v) is 6.83. The van der Waals surface area contributed by atoms with E-state index in [2.05, 4.69) is 25.8 Å². The molecule has 9 heteroatoms. The predicted octanol–water partition coefficient (Wildman–Crippen LogP) is 2.67. The summed E-state index contributed by atoms with van der Waals surface area (Å²) < 4.78 is 12.6. The summed E-state index contributed by atoms with van der Waals surface area (Å²) >= 11 is 0. The van der Waals surface area contributed by atoms with Gasteiger partial charge < -0.3 is 14.6 Å². The average Bonchev–Trinajstić information content (AvgIpc) is 3.41. The standard InChI is InChI=1S/C22H18N6O3/c29-20(14-17-16-8-4-5-9-18(16)31-27-17)23-12-13-30-21-11-10-19-24-25-22(28(19)26-21)15-6-2-1-3-7-15/h1-11H,12-14H2,(H,23,29). The van der Waals surface area contributed by atoms with Crippen LogP contribution in [0.1, 0.15) is 5.69 Å². The molecule has 0 aliphatic carbocycles. The third-order valence-electron chi connectivity index (χ3n) is 4.72. The van der Waals surface area contributed by atoms with Crippen molar-refractivity contribution in [2.24, 2.45) is 0 Å². The minimum atomic E-state index is -0.156. The molecule has 1 N–H and O–H groups in total. The van der Waals surface area contributed by atoms with Crippen LogP contribution in [0.25, 0.3) is 28.0 Å². The summed E-state index contributed by atoms with van der Waals surface area (Å²) in [6.07, 6.45) is 0.141. The van der Waals surface area contributed by atoms with Crippen molar-refractivity contribution in [1.82, 2.24) is 30.3 Å². The Bertz CT molecular complexity index is 1350. The Morgan fingerprint density at radius 3 is 2.74 bits per heavy atom. The highest BCUT2D eigenvalue weighted by Gasteiger charge is 2.12. The first-order valence-electron chi connectivity index (χ1n) is 9.78. The molecule has 3 aromatic heterocycles.